The number of hydrazine groups is 1. The number of nitrogens with zero attached hydrogens (tertiary/aromatic N) is 4. The number of nitrogen functional groups attached to an aromatic ring is 1. The highest BCUT2D eigenvalue weighted by molar-refractivity contribution is 5.36. The van der Waals surface area contributed by atoms with Gasteiger partial charge in [-0.2, -0.15) is 0 Å². The number of anilines is 1. The van der Waals surface area contributed by atoms with Gasteiger partial charge in [0, 0.05) is 58.4 Å². The highest BCUT2D eigenvalue weighted by Gasteiger charge is 2.30. The molecule has 8 heteroatoms. The zero-order valence-corrected chi connectivity index (χ0v) is 19.5. The third-order valence-electron chi connectivity index (χ3n) is 6.72. The molecule has 2 aliphatic heterocycles. The quantitative estimate of drug-likeness (QED) is 0.316. The standard InChI is InChI=1S/C26H34N8/c27-32-25-15-22(23-16-28-11-13-33(23)18-20-7-3-1-4-8-20)30-26(31-25)24-17-29-12-14-34(24)19-21-9-5-2-6-10-21/h1-10,15,23-24,28-29H,11-14,16-19,27H2,(H,30,31,32). The first kappa shape index (κ1) is 22.9. The third-order valence-corrected chi connectivity index (χ3v) is 6.72. The third kappa shape index (κ3) is 5.43. The number of piperazine rings is 2. The van der Waals surface area contributed by atoms with Crippen molar-refractivity contribution in [2.45, 2.75) is 25.2 Å². The lowest BCUT2D eigenvalue weighted by Gasteiger charge is -2.38. The number of aromatic nitrogens is 2. The van der Waals surface area contributed by atoms with Gasteiger partial charge in [0.1, 0.15) is 11.6 Å². The highest BCUT2D eigenvalue weighted by atomic mass is 15.3. The van der Waals surface area contributed by atoms with Gasteiger partial charge in [-0.15, -0.1) is 0 Å². The predicted octanol–water partition coefficient (Wildman–Crippen LogP) is 2.06. The average Bonchev–Trinajstić information content (AvgIpc) is 2.90. The Kier molecular flexibility index (Phi) is 7.43. The van der Waals surface area contributed by atoms with Crippen molar-refractivity contribution in [2.24, 2.45) is 5.84 Å². The van der Waals surface area contributed by atoms with Crippen LogP contribution < -0.4 is 21.9 Å². The van der Waals surface area contributed by atoms with E-state index in [1.54, 1.807) is 0 Å². The number of nitrogens with one attached hydrogen (secondary N) is 3. The number of hydrogen-bond acceptors (Lipinski definition) is 8. The topological polar surface area (TPSA) is 94.4 Å². The molecule has 0 aliphatic carbocycles. The van der Waals surface area contributed by atoms with Gasteiger partial charge in [-0.3, -0.25) is 9.80 Å². The molecule has 34 heavy (non-hydrogen) atoms. The molecule has 0 saturated carbocycles. The molecule has 0 bridgehead atoms. The van der Waals surface area contributed by atoms with E-state index in [0.29, 0.717) is 5.82 Å². The Labute approximate surface area is 201 Å². The van der Waals surface area contributed by atoms with Crippen molar-refractivity contribution in [2.75, 3.05) is 44.7 Å². The normalized spacial score (nSPS) is 21.9. The fourth-order valence-electron chi connectivity index (χ4n) is 4.93. The van der Waals surface area contributed by atoms with Gasteiger partial charge >= 0.3 is 0 Å². The Morgan fingerprint density at radius 2 is 1.35 bits per heavy atom. The van der Waals surface area contributed by atoms with Crippen molar-refractivity contribution >= 4 is 5.82 Å². The molecule has 0 spiro atoms. The van der Waals surface area contributed by atoms with Crippen molar-refractivity contribution in [3.8, 4) is 0 Å². The molecule has 5 N–H and O–H groups in total. The molecule has 2 unspecified atom stereocenters. The number of hydrogen-bond donors (Lipinski definition) is 4. The van der Waals surface area contributed by atoms with E-state index in [0.717, 1.165) is 63.9 Å². The molecule has 5 rings (SSSR count). The summed E-state index contributed by atoms with van der Waals surface area (Å²) >= 11 is 0. The van der Waals surface area contributed by atoms with Crippen LogP contribution in [0, 0.1) is 0 Å². The van der Waals surface area contributed by atoms with E-state index in [4.69, 9.17) is 15.8 Å². The van der Waals surface area contributed by atoms with E-state index in [-0.39, 0.29) is 12.1 Å². The molecule has 0 amide bonds. The largest absolute Gasteiger partial charge is 0.313 e. The van der Waals surface area contributed by atoms with E-state index in [1.807, 2.05) is 6.07 Å². The van der Waals surface area contributed by atoms with Crippen molar-refractivity contribution in [3.05, 3.63) is 89.4 Å². The van der Waals surface area contributed by atoms with Crippen LogP contribution >= 0.6 is 0 Å². The SMILES string of the molecule is NNc1cc(C2CNCCN2Cc2ccccc2)nc(C2CNCCN2Cc2ccccc2)n1. The summed E-state index contributed by atoms with van der Waals surface area (Å²) in [4.78, 5) is 14.9. The summed E-state index contributed by atoms with van der Waals surface area (Å²) in [5, 5.41) is 7.08. The maximum atomic E-state index is 5.86. The van der Waals surface area contributed by atoms with Gasteiger partial charge in [-0.1, -0.05) is 60.7 Å². The summed E-state index contributed by atoms with van der Waals surface area (Å²) in [6, 6.07) is 23.5. The average molecular weight is 459 g/mol. The highest BCUT2D eigenvalue weighted by Crippen LogP contribution is 2.28. The molecular weight excluding hydrogens is 424 g/mol. The first-order valence-electron chi connectivity index (χ1n) is 12.1. The van der Waals surface area contributed by atoms with Gasteiger partial charge in [-0.25, -0.2) is 15.8 Å². The van der Waals surface area contributed by atoms with Crippen molar-refractivity contribution in [1.82, 2.24) is 30.4 Å². The Hall–Kier alpha value is -2.88. The van der Waals surface area contributed by atoms with Crippen LogP contribution in [0.3, 0.4) is 0 Å². The van der Waals surface area contributed by atoms with E-state index >= 15 is 0 Å². The van der Waals surface area contributed by atoms with E-state index in [9.17, 15) is 0 Å². The minimum Gasteiger partial charge on any atom is -0.313 e. The number of nitrogens with two attached hydrogens (primary N) is 1. The predicted molar refractivity (Wildman–Crippen MR) is 135 cm³/mol. The summed E-state index contributed by atoms with van der Waals surface area (Å²) in [5.41, 5.74) is 6.40. The number of rotatable bonds is 7. The fraction of sp³-hybridized carbons (Fsp3) is 0.385. The van der Waals surface area contributed by atoms with E-state index in [2.05, 4.69) is 86.5 Å². The molecule has 178 valence electrons. The zero-order chi connectivity index (χ0) is 23.2. The summed E-state index contributed by atoms with van der Waals surface area (Å²) < 4.78 is 0. The van der Waals surface area contributed by atoms with Crippen molar-refractivity contribution < 1.29 is 0 Å². The monoisotopic (exact) mass is 458 g/mol. The maximum absolute atomic E-state index is 5.86. The maximum Gasteiger partial charge on any atom is 0.149 e. The van der Waals surface area contributed by atoms with Crippen LogP contribution in [0.15, 0.2) is 66.7 Å². The van der Waals surface area contributed by atoms with Crippen LogP contribution in [0.5, 0.6) is 0 Å². The molecule has 1 aromatic heterocycles. The van der Waals surface area contributed by atoms with Gasteiger partial charge in [0.25, 0.3) is 0 Å². The first-order chi connectivity index (χ1) is 16.8. The lowest BCUT2D eigenvalue weighted by Crippen LogP contribution is -2.47. The Morgan fingerprint density at radius 3 is 1.94 bits per heavy atom. The molecule has 2 aromatic carbocycles. The van der Waals surface area contributed by atoms with Gasteiger partial charge in [0.05, 0.1) is 17.8 Å². The fourth-order valence-corrected chi connectivity index (χ4v) is 4.93. The minimum atomic E-state index is 0.0835. The summed E-state index contributed by atoms with van der Waals surface area (Å²) in [7, 11) is 0. The van der Waals surface area contributed by atoms with Crippen molar-refractivity contribution in [3.63, 3.8) is 0 Å². The zero-order valence-electron chi connectivity index (χ0n) is 19.5. The number of benzene rings is 2. The van der Waals surface area contributed by atoms with Crippen LogP contribution in [-0.4, -0.2) is 59.0 Å². The molecule has 2 atom stereocenters. The summed E-state index contributed by atoms with van der Waals surface area (Å²) in [6.45, 7) is 7.28. The summed E-state index contributed by atoms with van der Waals surface area (Å²) in [5.74, 6) is 7.35. The van der Waals surface area contributed by atoms with Crippen LogP contribution in [0.4, 0.5) is 5.82 Å². The molecule has 2 fully saturated rings. The Bertz CT molecular complexity index is 965. The summed E-state index contributed by atoms with van der Waals surface area (Å²) in [6.07, 6.45) is 0. The van der Waals surface area contributed by atoms with E-state index < -0.39 is 0 Å². The minimum absolute atomic E-state index is 0.0835. The molecule has 0 radical (unpaired) electrons. The molecule has 8 nitrogen and oxygen atoms in total. The van der Waals surface area contributed by atoms with Crippen LogP contribution in [0.25, 0.3) is 0 Å². The second-order valence-electron chi connectivity index (χ2n) is 9.03. The van der Waals surface area contributed by atoms with Crippen molar-refractivity contribution in [1.29, 1.82) is 0 Å². The van der Waals surface area contributed by atoms with Gasteiger partial charge in [0.2, 0.25) is 0 Å². The first-order valence-corrected chi connectivity index (χ1v) is 12.1. The van der Waals surface area contributed by atoms with Gasteiger partial charge in [-0.05, 0) is 11.1 Å². The molecular formula is C26H34N8. The van der Waals surface area contributed by atoms with Crippen LogP contribution in [0.1, 0.15) is 34.7 Å². The molecule has 3 heterocycles. The van der Waals surface area contributed by atoms with Gasteiger partial charge in [0.15, 0.2) is 0 Å². The van der Waals surface area contributed by atoms with Crippen LogP contribution in [-0.2, 0) is 13.1 Å². The molecule has 2 saturated heterocycles. The second kappa shape index (κ2) is 11.0. The second-order valence-corrected chi connectivity index (χ2v) is 9.03. The molecule has 3 aromatic rings. The molecule has 2 aliphatic rings. The smallest absolute Gasteiger partial charge is 0.149 e. The lowest BCUT2D eigenvalue weighted by atomic mass is 10.1. The van der Waals surface area contributed by atoms with Crippen LogP contribution in [0.2, 0.25) is 0 Å². The Balaban J connectivity index is 1.43. The Morgan fingerprint density at radius 1 is 0.794 bits per heavy atom. The van der Waals surface area contributed by atoms with E-state index in [1.165, 1.54) is 11.1 Å². The van der Waals surface area contributed by atoms with Gasteiger partial charge < -0.3 is 16.1 Å². The lowest BCUT2D eigenvalue weighted by molar-refractivity contribution is 0.140.